The van der Waals surface area contributed by atoms with Gasteiger partial charge in [-0.2, -0.15) is 0 Å². The van der Waals surface area contributed by atoms with Gasteiger partial charge in [-0.25, -0.2) is 4.98 Å². The monoisotopic (exact) mass is 335 g/mol. The fourth-order valence-corrected chi connectivity index (χ4v) is 2.41. The smallest absolute Gasteiger partial charge is 0.234 e. The number of anilines is 1. The van der Waals surface area contributed by atoms with Gasteiger partial charge in [0.1, 0.15) is 5.82 Å². The molecule has 0 saturated carbocycles. The lowest BCUT2D eigenvalue weighted by molar-refractivity contribution is -0.130. The number of hydrogen-bond acceptors (Lipinski definition) is 4. The first-order valence-corrected chi connectivity index (χ1v) is 6.60. The van der Waals surface area contributed by atoms with Crippen LogP contribution in [-0.4, -0.2) is 37.7 Å². The number of aryl methyl sites for hydroxylation is 1. The molecule has 1 aromatic rings. The van der Waals surface area contributed by atoms with Gasteiger partial charge in [0, 0.05) is 13.3 Å². The third kappa shape index (κ3) is 5.11. The van der Waals surface area contributed by atoms with E-state index in [1.165, 1.54) is 0 Å². The number of carbonyl (C=O) groups excluding carboxylic acids is 1. The van der Waals surface area contributed by atoms with Crippen LogP contribution in [0.2, 0.25) is 0 Å². The molecule has 1 aliphatic rings. The van der Waals surface area contributed by atoms with Crippen LogP contribution in [0.15, 0.2) is 18.3 Å². The lowest BCUT2D eigenvalue weighted by Gasteiger charge is -2.35. The summed E-state index contributed by atoms with van der Waals surface area (Å²) >= 11 is 0. The molecule has 120 valence electrons. The highest BCUT2D eigenvalue weighted by atomic mass is 35.5. The van der Waals surface area contributed by atoms with Crippen molar-refractivity contribution in [2.45, 2.75) is 19.8 Å². The zero-order valence-corrected chi connectivity index (χ0v) is 14.0. The Hall–Kier alpha value is -0.880. The summed E-state index contributed by atoms with van der Waals surface area (Å²) in [5.74, 6) is 0.608. The summed E-state index contributed by atoms with van der Waals surface area (Å²) in [5, 5.41) is 6.18. The number of piperidine rings is 1. The quantitative estimate of drug-likeness (QED) is 0.885. The lowest BCUT2D eigenvalue weighted by Crippen LogP contribution is -2.47. The standard InChI is InChI=1S/C14H21N3O2.2ClH/c1-11-3-4-12(16-9-11)17-13(18)14(10-19-2)5-7-15-8-6-14;;/h3-4,9,15H,5-8,10H2,1-2H3,(H,16,17,18);2*1H. The fourth-order valence-electron chi connectivity index (χ4n) is 2.41. The predicted octanol–water partition coefficient (Wildman–Crippen LogP) is 2.19. The third-order valence-corrected chi connectivity index (χ3v) is 3.62. The molecule has 2 N–H and O–H groups in total. The summed E-state index contributed by atoms with van der Waals surface area (Å²) in [6.45, 7) is 4.11. The van der Waals surface area contributed by atoms with Crippen molar-refractivity contribution in [2.24, 2.45) is 5.41 Å². The second-order valence-corrected chi connectivity index (χ2v) is 5.14. The highest BCUT2D eigenvalue weighted by Gasteiger charge is 2.39. The van der Waals surface area contributed by atoms with Gasteiger partial charge in [0.25, 0.3) is 0 Å². The van der Waals surface area contributed by atoms with Gasteiger partial charge in [-0.05, 0) is 44.5 Å². The van der Waals surface area contributed by atoms with E-state index in [9.17, 15) is 4.79 Å². The zero-order valence-electron chi connectivity index (χ0n) is 12.3. The number of nitrogens with zero attached hydrogens (tertiary/aromatic N) is 1. The van der Waals surface area contributed by atoms with E-state index < -0.39 is 5.41 Å². The average molecular weight is 336 g/mol. The molecular weight excluding hydrogens is 313 g/mol. The van der Waals surface area contributed by atoms with Crippen molar-refractivity contribution in [3.8, 4) is 0 Å². The highest BCUT2D eigenvalue weighted by Crippen LogP contribution is 2.30. The van der Waals surface area contributed by atoms with Crippen molar-refractivity contribution in [3.63, 3.8) is 0 Å². The minimum absolute atomic E-state index is 0. The van der Waals surface area contributed by atoms with Gasteiger partial charge in [-0.3, -0.25) is 4.79 Å². The second-order valence-electron chi connectivity index (χ2n) is 5.14. The van der Waals surface area contributed by atoms with E-state index in [0.29, 0.717) is 12.4 Å². The number of methoxy groups -OCH3 is 1. The van der Waals surface area contributed by atoms with Crippen molar-refractivity contribution < 1.29 is 9.53 Å². The highest BCUT2D eigenvalue weighted by molar-refractivity contribution is 5.94. The van der Waals surface area contributed by atoms with Crippen LogP contribution in [0.5, 0.6) is 0 Å². The Morgan fingerprint density at radius 1 is 1.38 bits per heavy atom. The summed E-state index contributed by atoms with van der Waals surface area (Å²) in [5.41, 5.74) is 0.638. The van der Waals surface area contributed by atoms with Gasteiger partial charge in [0.2, 0.25) is 5.91 Å². The molecule has 1 saturated heterocycles. The maximum atomic E-state index is 12.5. The maximum absolute atomic E-state index is 12.5. The van der Waals surface area contributed by atoms with Crippen LogP contribution in [-0.2, 0) is 9.53 Å². The Morgan fingerprint density at radius 2 is 2.05 bits per heavy atom. The largest absolute Gasteiger partial charge is 0.384 e. The molecule has 0 bridgehead atoms. The SMILES string of the molecule is COCC1(C(=O)Nc2ccc(C)cn2)CCNCC1.Cl.Cl. The first kappa shape index (κ1) is 20.1. The molecule has 2 heterocycles. The molecule has 1 aromatic heterocycles. The number of rotatable bonds is 4. The summed E-state index contributed by atoms with van der Waals surface area (Å²) in [6.07, 6.45) is 3.33. The van der Waals surface area contributed by atoms with Crippen LogP contribution >= 0.6 is 24.8 Å². The Labute approximate surface area is 138 Å². The van der Waals surface area contributed by atoms with Crippen molar-refractivity contribution in [1.29, 1.82) is 0 Å². The first-order valence-electron chi connectivity index (χ1n) is 6.60. The molecule has 1 amide bonds. The van der Waals surface area contributed by atoms with E-state index >= 15 is 0 Å². The molecule has 0 radical (unpaired) electrons. The maximum Gasteiger partial charge on any atom is 0.234 e. The van der Waals surface area contributed by atoms with E-state index in [2.05, 4.69) is 15.6 Å². The van der Waals surface area contributed by atoms with Gasteiger partial charge < -0.3 is 15.4 Å². The number of amides is 1. The van der Waals surface area contributed by atoms with E-state index in [0.717, 1.165) is 31.5 Å². The molecule has 0 aliphatic carbocycles. The molecular formula is C14H23Cl2N3O2. The van der Waals surface area contributed by atoms with E-state index in [1.54, 1.807) is 13.3 Å². The van der Waals surface area contributed by atoms with Crippen molar-refractivity contribution in [3.05, 3.63) is 23.9 Å². The molecule has 5 nitrogen and oxygen atoms in total. The molecule has 0 unspecified atom stereocenters. The number of aromatic nitrogens is 1. The minimum Gasteiger partial charge on any atom is -0.384 e. The van der Waals surface area contributed by atoms with Gasteiger partial charge in [0.15, 0.2) is 0 Å². The normalized spacial score (nSPS) is 16.3. The number of carbonyl (C=O) groups is 1. The van der Waals surface area contributed by atoms with Gasteiger partial charge in [-0.1, -0.05) is 6.07 Å². The molecule has 21 heavy (non-hydrogen) atoms. The summed E-state index contributed by atoms with van der Waals surface area (Å²) in [6, 6.07) is 3.77. The van der Waals surface area contributed by atoms with Crippen LogP contribution < -0.4 is 10.6 Å². The Bertz CT molecular complexity index is 429. The number of halogens is 2. The van der Waals surface area contributed by atoms with Crippen LogP contribution in [0.1, 0.15) is 18.4 Å². The van der Waals surface area contributed by atoms with Crippen LogP contribution in [0.4, 0.5) is 5.82 Å². The first-order chi connectivity index (χ1) is 9.16. The number of pyridine rings is 1. The number of hydrogen-bond donors (Lipinski definition) is 2. The molecule has 0 spiro atoms. The van der Waals surface area contributed by atoms with Gasteiger partial charge in [0.05, 0.1) is 12.0 Å². The summed E-state index contributed by atoms with van der Waals surface area (Å²) in [7, 11) is 1.64. The number of ether oxygens (including phenoxy) is 1. The van der Waals surface area contributed by atoms with Gasteiger partial charge in [-0.15, -0.1) is 24.8 Å². The van der Waals surface area contributed by atoms with Crippen molar-refractivity contribution in [1.82, 2.24) is 10.3 Å². The van der Waals surface area contributed by atoms with E-state index in [4.69, 9.17) is 4.74 Å². The molecule has 7 heteroatoms. The summed E-state index contributed by atoms with van der Waals surface area (Å²) < 4.78 is 5.25. The van der Waals surface area contributed by atoms with E-state index in [-0.39, 0.29) is 30.7 Å². The molecule has 0 atom stereocenters. The molecule has 1 aliphatic heterocycles. The molecule has 1 fully saturated rings. The fraction of sp³-hybridized carbons (Fsp3) is 0.571. The predicted molar refractivity (Wildman–Crippen MR) is 88.5 cm³/mol. The minimum atomic E-state index is -0.438. The third-order valence-electron chi connectivity index (χ3n) is 3.62. The van der Waals surface area contributed by atoms with E-state index in [1.807, 2.05) is 19.1 Å². The van der Waals surface area contributed by atoms with Crippen LogP contribution in [0, 0.1) is 12.3 Å². The average Bonchev–Trinajstić information content (AvgIpc) is 2.43. The van der Waals surface area contributed by atoms with Crippen LogP contribution in [0.25, 0.3) is 0 Å². The molecule has 0 aromatic carbocycles. The summed E-state index contributed by atoms with van der Waals surface area (Å²) in [4.78, 5) is 16.7. The molecule has 2 rings (SSSR count). The zero-order chi connectivity index (χ0) is 13.7. The van der Waals surface area contributed by atoms with Gasteiger partial charge >= 0.3 is 0 Å². The second kappa shape index (κ2) is 9.20. The van der Waals surface area contributed by atoms with Crippen LogP contribution in [0.3, 0.4) is 0 Å². The van der Waals surface area contributed by atoms with Crippen molar-refractivity contribution >= 4 is 36.5 Å². The Kier molecular flexibility index (Phi) is 8.82. The topological polar surface area (TPSA) is 63.2 Å². The number of nitrogens with one attached hydrogen (secondary N) is 2. The Balaban J connectivity index is 0.00000200. The van der Waals surface area contributed by atoms with Crippen molar-refractivity contribution in [2.75, 3.05) is 32.1 Å². The lowest BCUT2D eigenvalue weighted by atomic mass is 9.78. The Morgan fingerprint density at radius 3 is 2.57 bits per heavy atom.